The van der Waals surface area contributed by atoms with Gasteiger partial charge in [0.05, 0.1) is 5.76 Å². The normalized spacial score (nSPS) is 12.5. The lowest BCUT2D eigenvalue weighted by molar-refractivity contribution is -0.137. The molecule has 0 unspecified atom stereocenters. The highest BCUT2D eigenvalue weighted by Crippen LogP contribution is 2.11. The molecule has 3 heteroatoms. The van der Waals surface area contributed by atoms with Gasteiger partial charge in [-0.25, -0.2) is 0 Å². The lowest BCUT2D eigenvalue weighted by Crippen LogP contribution is -1.93. The minimum absolute atomic E-state index is 0.269. The van der Waals surface area contributed by atoms with E-state index in [0.29, 0.717) is 5.76 Å². The van der Waals surface area contributed by atoms with Gasteiger partial charge in [0.25, 0.3) is 0 Å². The minimum Gasteiger partial charge on any atom is -0.513 e. The summed E-state index contributed by atoms with van der Waals surface area (Å²) in [7, 11) is 0. The molecule has 21 heavy (non-hydrogen) atoms. The van der Waals surface area contributed by atoms with Crippen LogP contribution in [0.5, 0.6) is 0 Å². The van der Waals surface area contributed by atoms with Crippen molar-refractivity contribution in [3.63, 3.8) is 0 Å². The topological polar surface area (TPSA) is 57.5 Å². The fraction of sp³-hybridized carbons (Fsp3) is 0.611. The van der Waals surface area contributed by atoms with Gasteiger partial charge in [0.1, 0.15) is 0 Å². The van der Waals surface area contributed by atoms with Crippen molar-refractivity contribution in [2.75, 3.05) is 0 Å². The van der Waals surface area contributed by atoms with Crippen LogP contribution in [-0.4, -0.2) is 16.2 Å². The summed E-state index contributed by atoms with van der Waals surface area (Å²) >= 11 is 0. The first-order chi connectivity index (χ1) is 10.2. The quantitative estimate of drug-likeness (QED) is 0.266. The number of carboxylic acid groups (broad SMARTS) is 1. The van der Waals surface area contributed by atoms with Crippen molar-refractivity contribution in [3.8, 4) is 0 Å². The summed E-state index contributed by atoms with van der Waals surface area (Å²) in [5, 5.41) is 18.2. The Bertz CT molecular complexity index is 340. The molecule has 0 fully saturated rings. The fourth-order valence-corrected chi connectivity index (χ4v) is 1.95. The third-order valence-corrected chi connectivity index (χ3v) is 3.15. The van der Waals surface area contributed by atoms with Crippen molar-refractivity contribution in [2.24, 2.45) is 0 Å². The summed E-state index contributed by atoms with van der Waals surface area (Å²) in [5.41, 5.74) is 0. The molecule has 0 bridgehead atoms. The van der Waals surface area contributed by atoms with Gasteiger partial charge in [0.15, 0.2) is 0 Å². The first kappa shape index (κ1) is 19.5. The maximum atomic E-state index is 10.3. The van der Waals surface area contributed by atoms with E-state index in [4.69, 9.17) is 5.11 Å². The zero-order valence-electron chi connectivity index (χ0n) is 13.3. The van der Waals surface area contributed by atoms with Crippen LogP contribution < -0.4 is 0 Å². The Morgan fingerprint density at radius 3 is 2.05 bits per heavy atom. The average molecular weight is 294 g/mol. The molecule has 120 valence electrons. The average Bonchev–Trinajstić information content (AvgIpc) is 2.45. The van der Waals surface area contributed by atoms with Crippen molar-refractivity contribution < 1.29 is 15.0 Å². The summed E-state index contributed by atoms with van der Waals surface area (Å²) < 4.78 is 0. The monoisotopic (exact) mass is 294 g/mol. The minimum atomic E-state index is -0.714. The molecule has 3 nitrogen and oxygen atoms in total. The lowest BCUT2D eigenvalue weighted by Gasteiger charge is -2.01. The Labute approximate surface area is 129 Å². The van der Waals surface area contributed by atoms with Gasteiger partial charge in [0, 0.05) is 12.8 Å². The Morgan fingerprint density at radius 1 is 0.810 bits per heavy atom. The van der Waals surface area contributed by atoms with Crippen LogP contribution in [-0.2, 0) is 4.79 Å². The van der Waals surface area contributed by atoms with Crippen molar-refractivity contribution in [1.82, 2.24) is 0 Å². The molecular formula is C18H30O3. The predicted molar refractivity (Wildman–Crippen MR) is 88.5 cm³/mol. The zero-order valence-corrected chi connectivity index (χ0v) is 13.3. The van der Waals surface area contributed by atoms with E-state index in [-0.39, 0.29) is 6.42 Å². The number of aliphatic carboxylic acids is 1. The van der Waals surface area contributed by atoms with Gasteiger partial charge in [0.2, 0.25) is 0 Å². The van der Waals surface area contributed by atoms with Crippen LogP contribution in [0.25, 0.3) is 0 Å². The molecule has 0 atom stereocenters. The highest BCUT2D eigenvalue weighted by atomic mass is 16.4. The molecule has 0 aromatic heterocycles. The molecule has 0 aliphatic carbocycles. The molecule has 2 N–H and O–H groups in total. The van der Waals surface area contributed by atoms with Gasteiger partial charge in [-0.1, -0.05) is 50.5 Å². The molecule has 0 heterocycles. The molecule has 0 aliphatic rings. The van der Waals surface area contributed by atoms with E-state index in [1.165, 1.54) is 0 Å². The summed E-state index contributed by atoms with van der Waals surface area (Å²) in [6.45, 7) is 2.12. The van der Waals surface area contributed by atoms with Crippen LogP contribution in [0, 0.1) is 0 Å². The number of aliphatic hydroxyl groups is 1. The van der Waals surface area contributed by atoms with Crippen LogP contribution in [0.1, 0.15) is 71.1 Å². The maximum absolute atomic E-state index is 10.3. The molecule has 0 saturated carbocycles. The third kappa shape index (κ3) is 16.4. The predicted octanol–water partition coefficient (Wildman–Crippen LogP) is 5.55. The SMILES string of the molecule is CC/C=C\C/C=C\C/C=C(/O)CCCCCCCC(=O)O. The second-order valence-electron chi connectivity index (χ2n) is 5.18. The van der Waals surface area contributed by atoms with E-state index in [9.17, 15) is 9.90 Å². The summed E-state index contributed by atoms with van der Waals surface area (Å²) in [5.74, 6) is -0.247. The van der Waals surface area contributed by atoms with Crippen LogP contribution in [0.4, 0.5) is 0 Å². The standard InChI is InChI=1S/C18H30O3/c1-2-3-4-5-6-8-11-14-17(19)15-12-9-7-10-13-16-18(20)21/h3-4,6,8,14,19H,2,5,7,9-13,15-16H2,1H3,(H,20,21)/b4-3-,8-6-,17-14+. The van der Waals surface area contributed by atoms with Crippen LogP contribution in [0.15, 0.2) is 36.1 Å². The fourth-order valence-electron chi connectivity index (χ4n) is 1.95. The molecule has 0 spiro atoms. The van der Waals surface area contributed by atoms with Crippen LogP contribution in [0.2, 0.25) is 0 Å². The van der Waals surface area contributed by atoms with Gasteiger partial charge in [-0.05, 0) is 38.2 Å². The summed E-state index contributed by atoms with van der Waals surface area (Å²) in [4.78, 5) is 10.3. The van der Waals surface area contributed by atoms with Gasteiger partial charge in [-0.3, -0.25) is 4.79 Å². The van der Waals surface area contributed by atoms with Crippen LogP contribution in [0.3, 0.4) is 0 Å². The number of aliphatic hydroxyl groups excluding tert-OH is 1. The van der Waals surface area contributed by atoms with Crippen molar-refractivity contribution in [1.29, 1.82) is 0 Å². The molecule has 0 saturated heterocycles. The first-order valence-electron chi connectivity index (χ1n) is 8.06. The molecule has 0 aromatic rings. The molecule has 0 aliphatic heterocycles. The largest absolute Gasteiger partial charge is 0.513 e. The Morgan fingerprint density at radius 2 is 1.38 bits per heavy atom. The van der Waals surface area contributed by atoms with E-state index in [1.807, 2.05) is 6.08 Å². The van der Waals surface area contributed by atoms with E-state index < -0.39 is 5.97 Å². The van der Waals surface area contributed by atoms with E-state index in [0.717, 1.165) is 57.8 Å². The van der Waals surface area contributed by atoms with Gasteiger partial charge >= 0.3 is 5.97 Å². The van der Waals surface area contributed by atoms with Gasteiger partial charge in [-0.15, -0.1) is 0 Å². The number of allylic oxidation sites excluding steroid dienone is 6. The Balaban J connectivity index is 3.47. The van der Waals surface area contributed by atoms with Gasteiger partial charge < -0.3 is 10.2 Å². The Kier molecular flexibility index (Phi) is 13.8. The lowest BCUT2D eigenvalue weighted by atomic mass is 10.1. The third-order valence-electron chi connectivity index (χ3n) is 3.15. The van der Waals surface area contributed by atoms with Crippen molar-refractivity contribution in [2.45, 2.75) is 71.1 Å². The van der Waals surface area contributed by atoms with Gasteiger partial charge in [-0.2, -0.15) is 0 Å². The van der Waals surface area contributed by atoms with E-state index >= 15 is 0 Å². The number of hydrogen-bond donors (Lipinski definition) is 2. The van der Waals surface area contributed by atoms with Crippen molar-refractivity contribution in [3.05, 3.63) is 36.1 Å². The van der Waals surface area contributed by atoms with E-state index in [2.05, 4.69) is 31.2 Å². The number of rotatable bonds is 13. The summed E-state index contributed by atoms with van der Waals surface area (Å²) in [6, 6.07) is 0. The zero-order chi connectivity index (χ0) is 15.8. The number of unbranched alkanes of at least 4 members (excludes halogenated alkanes) is 4. The highest BCUT2D eigenvalue weighted by Gasteiger charge is 1.97. The molecular weight excluding hydrogens is 264 g/mol. The molecule has 0 aromatic carbocycles. The number of carboxylic acids is 1. The second-order valence-corrected chi connectivity index (χ2v) is 5.18. The smallest absolute Gasteiger partial charge is 0.303 e. The second kappa shape index (κ2) is 14.9. The highest BCUT2D eigenvalue weighted by molar-refractivity contribution is 5.66. The molecule has 0 amide bonds. The first-order valence-corrected chi connectivity index (χ1v) is 8.06. The summed E-state index contributed by atoms with van der Waals surface area (Å²) in [6.07, 6.45) is 18.9. The number of hydrogen-bond acceptors (Lipinski definition) is 2. The Hall–Kier alpha value is -1.51. The maximum Gasteiger partial charge on any atom is 0.303 e. The van der Waals surface area contributed by atoms with Crippen molar-refractivity contribution >= 4 is 5.97 Å². The van der Waals surface area contributed by atoms with Crippen LogP contribution >= 0.6 is 0 Å². The number of carbonyl (C=O) groups is 1. The van der Waals surface area contributed by atoms with E-state index in [1.54, 1.807) is 0 Å². The molecule has 0 radical (unpaired) electrons. The molecule has 0 rings (SSSR count).